The number of aromatic nitrogens is 4. The lowest BCUT2D eigenvalue weighted by atomic mass is 9.91. The van der Waals surface area contributed by atoms with Crippen molar-refractivity contribution in [1.82, 2.24) is 24.4 Å². The van der Waals surface area contributed by atoms with Crippen LogP contribution in [0.3, 0.4) is 0 Å². The number of nitrogens with zero attached hydrogens (tertiary/aromatic N) is 4. The van der Waals surface area contributed by atoms with Gasteiger partial charge < -0.3 is 9.64 Å². The van der Waals surface area contributed by atoms with Gasteiger partial charge in [-0.05, 0) is 17.7 Å². The first-order valence-corrected chi connectivity index (χ1v) is 9.20. The highest BCUT2D eigenvalue weighted by molar-refractivity contribution is 5.87. The first-order chi connectivity index (χ1) is 14.3. The number of likely N-dealkylation sites (tertiary alicyclic amines) is 1. The van der Waals surface area contributed by atoms with Crippen LogP contribution in [0.15, 0.2) is 35.3 Å². The quantitative estimate of drug-likeness (QED) is 0.698. The third-order valence-corrected chi connectivity index (χ3v) is 5.07. The van der Waals surface area contributed by atoms with Crippen LogP contribution in [-0.4, -0.2) is 57.3 Å². The van der Waals surface area contributed by atoms with Crippen LogP contribution in [0.1, 0.15) is 22.9 Å². The molecule has 30 heavy (non-hydrogen) atoms. The van der Waals surface area contributed by atoms with E-state index in [2.05, 4.69) is 15.0 Å². The molecule has 3 aromatic rings. The molecule has 0 aliphatic carbocycles. The summed E-state index contributed by atoms with van der Waals surface area (Å²) in [5.41, 5.74) is -0.0947. The Labute approximate surface area is 168 Å². The second-order valence-electron chi connectivity index (χ2n) is 7.03. The zero-order chi connectivity index (χ0) is 21.5. The van der Waals surface area contributed by atoms with Gasteiger partial charge in [0.25, 0.3) is 0 Å². The van der Waals surface area contributed by atoms with Gasteiger partial charge in [-0.3, -0.25) is 4.98 Å². The number of methoxy groups -OCH3 is 1. The molecule has 1 fully saturated rings. The van der Waals surface area contributed by atoms with Crippen LogP contribution in [0.4, 0.5) is 18.0 Å². The third-order valence-electron chi connectivity index (χ3n) is 5.07. The molecule has 1 aliphatic heterocycles. The highest BCUT2D eigenvalue weighted by Crippen LogP contribution is 2.32. The van der Waals surface area contributed by atoms with Gasteiger partial charge in [0, 0.05) is 32.5 Å². The fraction of sp³-hybridized carbons (Fsp3) is 0.368. The van der Waals surface area contributed by atoms with E-state index in [9.17, 15) is 22.8 Å². The van der Waals surface area contributed by atoms with Gasteiger partial charge in [-0.2, -0.15) is 13.2 Å². The van der Waals surface area contributed by atoms with Gasteiger partial charge in [0.1, 0.15) is 11.3 Å². The van der Waals surface area contributed by atoms with Crippen molar-refractivity contribution < 1.29 is 22.7 Å². The van der Waals surface area contributed by atoms with Crippen molar-refractivity contribution in [2.45, 2.75) is 18.5 Å². The Hall–Kier alpha value is -3.21. The maximum atomic E-state index is 12.8. The van der Waals surface area contributed by atoms with Gasteiger partial charge in [0.2, 0.25) is 0 Å². The number of amides is 1. The maximum Gasteiger partial charge on any atom is 0.416 e. The summed E-state index contributed by atoms with van der Waals surface area (Å²) in [4.78, 5) is 37.5. The predicted octanol–water partition coefficient (Wildman–Crippen LogP) is 2.39. The number of benzene rings is 1. The van der Waals surface area contributed by atoms with Crippen molar-refractivity contribution in [2.24, 2.45) is 0 Å². The smallest absolute Gasteiger partial charge is 0.384 e. The number of rotatable bonds is 4. The summed E-state index contributed by atoms with van der Waals surface area (Å²) >= 11 is 0. The Bertz CT molecular complexity index is 1130. The van der Waals surface area contributed by atoms with E-state index in [1.807, 2.05) is 0 Å². The Morgan fingerprint density at radius 3 is 2.60 bits per heavy atom. The van der Waals surface area contributed by atoms with E-state index in [-0.39, 0.29) is 17.1 Å². The number of H-pyrrole nitrogens is 1. The molecule has 2 aromatic heterocycles. The fourth-order valence-electron chi connectivity index (χ4n) is 3.37. The average molecular weight is 421 g/mol. The molecule has 0 atom stereocenters. The topological polar surface area (TPSA) is 93.1 Å². The Morgan fingerprint density at radius 1 is 1.27 bits per heavy atom. The highest BCUT2D eigenvalue weighted by atomic mass is 19.4. The minimum atomic E-state index is -4.39. The van der Waals surface area contributed by atoms with Gasteiger partial charge in [0.05, 0.1) is 18.4 Å². The molecule has 158 valence electrons. The lowest BCUT2D eigenvalue weighted by molar-refractivity contribution is -0.137. The van der Waals surface area contributed by atoms with Crippen LogP contribution in [-0.2, 0) is 17.3 Å². The highest BCUT2D eigenvalue weighted by Gasteiger charge is 2.35. The zero-order valence-electron chi connectivity index (χ0n) is 15.9. The summed E-state index contributed by atoms with van der Waals surface area (Å²) in [6.45, 7) is 1.03. The monoisotopic (exact) mass is 421 g/mol. The number of ether oxygens (including phenoxy) is 1. The molecule has 1 saturated heterocycles. The number of hydrogen-bond donors (Lipinski definition) is 1. The number of imidazole rings is 1. The van der Waals surface area contributed by atoms with Gasteiger partial charge in [-0.25, -0.2) is 24.1 Å². The first-order valence-electron chi connectivity index (χ1n) is 9.20. The molecule has 1 aromatic carbocycles. The van der Waals surface area contributed by atoms with E-state index in [1.165, 1.54) is 23.2 Å². The molecule has 0 saturated carbocycles. The standard InChI is InChI=1S/C19H18F3N5O3/c1-30-7-6-15-23-8-14-16(24-15)25-17(28)27(14)18(29)26-9-12(10-26)11-2-4-13(5-3-11)19(20,21)22/h2-5,8,12H,6-7,9-10H2,1H3,(H,23,24,25,28). The lowest BCUT2D eigenvalue weighted by Crippen LogP contribution is -2.51. The number of carbonyl (C=O) groups is 1. The maximum absolute atomic E-state index is 12.8. The van der Waals surface area contributed by atoms with Crippen LogP contribution in [0.25, 0.3) is 11.2 Å². The predicted molar refractivity (Wildman–Crippen MR) is 100 cm³/mol. The molecule has 1 amide bonds. The Balaban J connectivity index is 1.48. The number of alkyl halides is 3. The molecule has 4 rings (SSSR count). The van der Waals surface area contributed by atoms with Crippen molar-refractivity contribution in [3.05, 3.63) is 57.9 Å². The largest absolute Gasteiger partial charge is 0.416 e. The molecule has 1 N–H and O–H groups in total. The van der Waals surface area contributed by atoms with Crippen molar-refractivity contribution in [3.8, 4) is 0 Å². The number of carbonyl (C=O) groups excluding carboxylic acids is 1. The number of halogens is 3. The summed E-state index contributed by atoms with van der Waals surface area (Å²) in [5.74, 6) is 0.394. The van der Waals surface area contributed by atoms with Crippen LogP contribution in [0.5, 0.6) is 0 Å². The number of fused-ring (bicyclic) bond motifs is 1. The normalized spacial score (nSPS) is 14.9. The molecule has 11 heteroatoms. The molecule has 0 bridgehead atoms. The molecule has 8 nitrogen and oxygen atoms in total. The molecule has 0 spiro atoms. The Kier molecular flexibility index (Phi) is 5.06. The van der Waals surface area contributed by atoms with Gasteiger partial charge >= 0.3 is 17.9 Å². The van der Waals surface area contributed by atoms with Crippen LogP contribution in [0.2, 0.25) is 0 Å². The minimum absolute atomic E-state index is 0.0889. The minimum Gasteiger partial charge on any atom is -0.384 e. The van der Waals surface area contributed by atoms with Crippen LogP contribution < -0.4 is 5.69 Å². The van der Waals surface area contributed by atoms with E-state index in [1.54, 1.807) is 7.11 Å². The third kappa shape index (κ3) is 3.67. The lowest BCUT2D eigenvalue weighted by Gasteiger charge is -2.39. The van der Waals surface area contributed by atoms with E-state index < -0.39 is 23.5 Å². The van der Waals surface area contributed by atoms with E-state index in [0.717, 1.165) is 16.7 Å². The summed E-state index contributed by atoms with van der Waals surface area (Å²) < 4.78 is 44.0. The summed E-state index contributed by atoms with van der Waals surface area (Å²) in [7, 11) is 1.56. The number of nitrogens with one attached hydrogen (secondary N) is 1. The van der Waals surface area contributed by atoms with Crippen LogP contribution >= 0.6 is 0 Å². The number of aromatic amines is 1. The van der Waals surface area contributed by atoms with Crippen molar-refractivity contribution in [1.29, 1.82) is 0 Å². The van der Waals surface area contributed by atoms with Gasteiger partial charge in [0.15, 0.2) is 5.65 Å². The second kappa shape index (κ2) is 7.56. The Morgan fingerprint density at radius 2 is 1.97 bits per heavy atom. The first kappa shape index (κ1) is 20.1. The molecular formula is C19H18F3N5O3. The van der Waals surface area contributed by atoms with Gasteiger partial charge in [-0.15, -0.1) is 0 Å². The zero-order valence-corrected chi connectivity index (χ0v) is 15.9. The molecule has 0 radical (unpaired) electrons. The SMILES string of the molecule is COCCc1ncc2c(n1)[nH]c(=O)n2C(=O)N1CC(c2ccc(C(F)(F)F)cc2)C1. The fourth-order valence-corrected chi connectivity index (χ4v) is 3.37. The molecule has 0 unspecified atom stereocenters. The van der Waals surface area contributed by atoms with Crippen molar-refractivity contribution in [2.75, 3.05) is 26.8 Å². The van der Waals surface area contributed by atoms with E-state index >= 15 is 0 Å². The van der Waals surface area contributed by atoms with Crippen molar-refractivity contribution >= 4 is 17.2 Å². The summed E-state index contributed by atoms with van der Waals surface area (Å²) in [6.07, 6.45) is -2.51. The van der Waals surface area contributed by atoms with E-state index in [4.69, 9.17) is 4.74 Å². The average Bonchev–Trinajstić information content (AvgIpc) is 2.99. The number of hydrogen-bond acceptors (Lipinski definition) is 5. The van der Waals surface area contributed by atoms with E-state index in [0.29, 0.717) is 37.5 Å². The molecular weight excluding hydrogens is 403 g/mol. The second-order valence-corrected chi connectivity index (χ2v) is 7.03. The van der Waals surface area contributed by atoms with Crippen LogP contribution in [0, 0.1) is 0 Å². The van der Waals surface area contributed by atoms with Crippen molar-refractivity contribution in [3.63, 3.8) is 0 Å². The summed E-state index contributed by atoms with van der Waals surface area (Å²) in [6, 6.07) is 4.37. The molecule has 1 aliphatic rings. The summed E-state index contributed by atoms with van der Waals surface area (Å²) in [5, 5.41) is 0. The van der Waals surface area contributed by atoms with Gasteiger partial charge in [-0.1, -0.05) is 12.1 Å². The molecule has 3 heterocycles.